The highest BCUT2D eigenvalue weighted by molar-refractivity contribution is 8.03. The zero-order valence-electron chi connectivity index (χ0n) is 16.5. The van der Waals surface area contributed by atoms with Crippen LogP contribution in [0.25, 0.3) is 6.08 Å². The molecule has 0 radical (unpaired) electrons. The van der Waals surface area contributed by atoms with Gasteiger partial charge in [-0.2, -0.15) is 4.57 Å². The van der Waals surface area contributed by atoms with E-state index in [4.69, 9.17) is 0 Å². The summed E-state index contributed by atoms with van der Waals surface area (Å²) in [5.74, 6) is 0. The third-order valence-electron chi connectivity index (χ3n) is 5.69. The van der Waals surface area contributed by atoms with Gasteiger partial charge in [-0.3, -0.25) is 0 Å². The number of nitrogens with zero attached hydrogens (tertiary/aromatic N) is 2. The maximum Gasteiger partial charge on any atom is 0.179 e. The van der Waals surface area contributed by atoms with Gasteiger partial charge >= 0.3 is 0 Å². The van der Waals surface area contributed by atoms with Crippen LogP contribution in [-0.2, 0) is 0 Å². The monoisotopic (exact) mass is 492 g/mol. The summed E-state index contributed by atoms with van der Waals surface area (Å²) in [6, 6.07) is 14.1. The van der Waals surface area contributed by atoms with Gasteiger partial charge in [-0.05, 0) is 43.5 Å². The molecule has 0 spiro atoms. The van der Waals surface area contributed by atoms with Gasteiger partial charge in [0, 0.05) is 50.3 Å². The third-order valence-corrected chi connectivity index (χ3v) is 6.81. The average Bonchev–Trinajstić information content (AvgIpc) is 2.99. The second-order valence-corrected chi connectivity index (χ2v) is 8.59. The molecule has 0 amide bonds. The van der Waals surface area contributed by atoms with Gasteiger partial charge in [-0.25, -0.2) is 0 Å². The quantitative estimate of drug-likeness (QED) is 0.481. The van der Waals surface area contributed by atoms with E-state index in [1.807, 2.05) is 11.8 Å². The molecule has 1 saturated carbocycles. The Balaban J connectivity index is 0.00000210. The van der Waals surface area contributed by atoms with E-state index in [2.05, 4.69) is 72.7 Å². The largest absolute Gasteiger partial charge is 1.00 e. The predicted molar refractivity (Wildman–Crippen MR) is 112 cm³/mol. The number of halogens is 1. The van der Waals surface area contributed by atoms with Gasteiger partial charge in [-0.1, -0.05) is 30.3 Å². The Morgan fingerprint density at radius 1 is 1.07 bits per heavy atom. The maximum absolute atomic E-state index is 2.58. The normalized spacial score (nSPS) is 18.5. The van der Waals surface area contributed by atoms with E-state index in [1.54, 1.807) is 0 Å². The van der Waals surface area contributed by atoms with E-state index < -0.39 is 0 Å². The van der Waals surface area contributed by atoms with Crippen LogP contribution in [0.1, 0.15) is 62.0 Å². The first kappa shape index (κ1) is 20.7. The molecule has 0 saturated heterocycles. The lowest BCUT2D eigenvalue weighted by Crippen LogP contribution is -3.00. The summed E-state index contributed by atoms with van der Waals surface area (Å²) in [5, 5.41) is 1.34. The summed E-state index contributed by atoms with van der Waals surface area (Å²) < 4.78 is 2.58. The van der Waals surface area contributed by atoms with Gasteiger partial charge in [0.2, 0.25) is 0 Å². The summed E-state index contributed by atoms with van der Waals surface area (Å²) in [4.78, 5) is 3.79. The Labute approximate surface area is 185 Å². The van der Waals surface area contributed by atoms with Crippen molar-refractivity contribution in [3.05, 3.63) is 58.4 Å². The molecule has 2 aliphatic rings. The molecule has 1 aromatic carbocycles. The van der Waals surface area contributed by atoms with E-state index in [1.165, 1.54) is 64.7 Å². The van der Waals surface area contributed by atoms with Gasteiger partial charge < -0.3 is 28.9 Å². The SMILES string of the molecule is CCN1C(=Cc2cc(C)[n+](C3CCCCC3)c(C)c2)Sc2ccccc21.[I-]. The van der Waals surface area contributed by atoms with Crippen molar-refractivity contribution in [2.45, 2.75) is 63.8 Å². The highest BCUT2D eigenvalue weighted by Gasteiger charge is 2.27. The molecule has 1 aromatic heterocycles. The van der Waals surface area contributed by atoms with Crippen molar-refractivity contribution < 1.29 is 28.5 Å². The lowest BCUT2D eigenvalue weighted by Gasteiger charge is -2.21. The van der Waals surface area contributed by atoms with Crippen LogP contribution in [0.3, 0.4) is 0 Å². The van der Waals surface area contributed by atoms with Crippen molar-refractivity contribution in [3.63, 3.8) is 0 Å². The Hall–Kier alpha value is -1.01. The molecular weight excluding hydrogens is 463 g/mol. The third kappa shape index (κ3) is 4.21. The van der Waals surface area contributed by atoms with Crippen molar-refractivity contribution in [1.82, 2.24) is 0 Å². The fourth-order valence-electron chi connectivity index (χ4n) is 4.57. The second kappa shape index (κ2) is 8.99. The Bertz CT molecular complexity index is 817. The molecule has 0 atom stereocenters. The van der Waals surface area contributed by atoms with Crippen molar-refractivity contribution in [1.29, 1.82) is 0 Å². The first-order chi connectivity index (χ1) is 12.7. The van der Waals surface area contributed by atoms with Gasteiger partial charge in [0.25, 0.3) is 0 Å². The molecule has 2 nitrogen and oxygen atoms in total. The number of fused-ring (bicyclic) bond motifs is 1. The number of aromatic nitrogens is 1. The minimum Gasteiger partial charge on any atom is -1.00 e. The predicted octanol–water partition coefficient (Wildman–Crippen LogP) is 3.03. The van der Waals surface area contributed by atoms with Gasteiger partial charge in [0.1, 0.15) is 0 Å². The van der Waals surface area contributed by atoms with Crippen LogP contribution in [0, 0.1) is 13.8 Å². The van der Waals surface area contributed by atoms with Crippen molar-refractivity contribution in [2.75, 3.05) is 11.4 Å². The molecule has 1 aliphatic heterocycles. The standard InChI is InChI=1S/C23H29N2S.HI/c1-4-24-21-12-8-9-13-22(21)26-23(24)16-19-14-17(2)25(18(3)15-19)20-10-6-5-7-11-20;/h8-9,12-16,20H,4-7,10-11H2,1-3H3;1H/q+1;/p-1. The number of hydrogen-bond acceptors (Lipinski definition) is 2. The fourth-order valence-corrected chi connectivity index (χ4v) is 5.76. The van der Waals surface area contributed by atoms with E-state index >= 15 is 0 Å². The van der Waals surface area contributed by atoms with Crippen LogP contribution in [0.4, 0.5) is 5.69 Å². The minimum absolute atomic E-state index is 0. The Morgan fingerprint density at radius 2 is 1.74 bits per heavy atom. The molecular formula is C23H29IN2S. The Kier molecular flexibility index (Phi) is 6.90. The lowest BCUT2D eigenvalue weighted by molar-refractivity contribution is -0.736. The summed E-state index contributed by atoms with van der Waals surface area (Å²) in [6.45, 7) is 7.78. The van der Waals surface area contributed by atoms with E-state index in [-0.39, 0.29) is 24.0 Å². The molecule has 0 N–H and O–H groups in total. The van der Waals surface area contributed by atoms with E-state index in [0.717, 1.165) is 6.54 Å². The molecule has 2 aromatic rings. The van der Waals surface area contributed by atoms with Crippen LogP contribution in [0.2, 0.25) is 0 Å². The summed E-state index contributed by atoms with van der Waals surface area (Å²) in [6.07, 6.45) is 9.19. The summed E-state index contributed by atoms with van der Waals surface area (Å²) in [5.41, 5.74) is 5.45. The first-order valence-corrected chi connectivity index (χ1v) is 10.8. The van der Waals surface area contributed by atoms with Crippen molar-refractivity contribution in [3.8, 4) is 0 Å². The number of thioether (sulfide) groups is 1. The zero-order chi connectivity index (χ0) is 18.1. The molecule has 2 heterocycles. The van der Waals surface area contributed by atoms with E-state index in [9.17, 15) is 0 Å². The van der Waals surface area contributed by atoms with Crippen LogP contribution >= 0.6 is 11.8 Å². The number of benzene rings is 1. The molecule has 0 unspecified atom stereocenters. The highest BCUT2D eigenvalue weighted by atomic mass is 127. The molecule has 27 heavy (non-hydrogen) atoms. The van der Waals surface area contributed by atoms with Crippen molar-refractivity contribution in [2.24, 2.45) is 0 Å². The lowest BCUT2D eigenvalue weighted by atomic mass is 9.94. The van der Waals surface area contributed by atoms with Crippen LogP contribution < -0.4 is 33.4 Å². The molecule has 1 aliphatic carbocycles. The number of pyridine rings is 1. The van der Waals surface area contributed by atoms with E-state index in [0.29, 0.717) is 6.04 Å². The fraction of sp³-hybridized carbons (Fsp3) is 0.435. The number of para-hydroxylation sites is 1. The number of anilines is 1. The van der Waals surface area contributed by atoms with Crippen LogP contribution in [0.15, 0.2) is 46.3 Å². The van der Waals surface area contributed by atoms with Gasteiger partial charge in [0.05, 0.1) is 10.7 Å². The molecule has 4 heteroatoms. The zero-order valence-corrected chi connectivity index (χ0v) is 19.5. The second-order valence-electron chi connectivity index (χ2n) is 7.53. The van der Waals surface area contributed by atoms with Crippen molar-refractivity contribution >= 4 is 23.5 Å². The maximum atomic E-state index is 2.58. The first-order valence-electron chi connectivity index (χ1n) is 9.96. The number of aryl methyl sites for hydroxylation is 2. The topological polar surface area (TPSA) is 7.12 Å². The van der Waals surface area contributed by atoms with Crippen LogP contribution in [-0.4, -0.2) is 6.54 Å². The molecule has 144 valence electrons. The number of rotatable bonds is 3. The highest BCUT2D eigenvalue weighted by Crippen LogP contribution is 2.46. The summed E-state index contributed by atoms with van der Waals surface area (Å²) in [7, 11) is 0. The molecule has 4 rings (SSSR count). The smallest absolute Gasteiger partial charge is 0.179 e. The number of hydrogen-bond donors (Lipinski definition) is 0. The average molecular weight is 492 g/mol. The summed E-state index contributed by atoms with van der Waals surface area (Å²) >= 11 is 1.89. The Morgan fingerprint density at radius 3 is 2.41 bits per heavy atom. The van der Waals surface area contributed by atoms with Gasteiger partial charge in [-0.15, -0.1) is 0 Å². The van der Waals surface area contributed by atoms with Crippen LogP contribution in [0.5, 0.6) is 0 Å². The van der Waals surface area contributed by atoms with Gasteiger partial charge in [0.15, 0.2) is 17.4 Å². The molecule has 0 bridgehead atoms. The minimum atomic E-state index is 0. The molecule has 1 fully saturated rings.